The Morgan fingerprint density at radius 1 is 1.35 bits per heavy atom. The topological polar surface area (TPSA) is 28.2 Å². The van der Waals surface area contributed by atoms with Gasteiger partial charge in [0, 0.05) is 41.4 Å². The van der Waals surface area contributed by atoms with Crippen molar-refractivity contribution in [2.24, 2.45) is 0 Å². The molecule has 0 amide bonds. The molecular formula is C14H18BrN3S2. The van der Waals surface area contributed by atoms with E-state index in [9.17, 15) is 0 Å². The lowest BCUT2D eigenvalue weighted by Crippen LogP contribution is -2.45. The van der Waals surface area contributed by atoms with Gasteiger partial charge in [-0.1, -0.05) is 6.92 Å². The molecule has 1 aliphatic heterocycles. The van der Waals surface area contributed by atoms with Gasteiger partial charge in [0.15, 0.2) is 0 Å². The summed E-state index contributed by atoms with van der Waals surface area (Å²) in [7, 11) is 0. The SMILES string of the molecule is CCC(c1nc(-c2cc(Br)cs2)cs1)N1CCNCC1. The van der Waals surface area contributed by atoms with E-state index in [4.69, 9.17) is 4.98 Å². The highest BCUT2D eigenvalue weighted by Gasteiger charge is 2.23. The van der Waals surface area contributed by atoms with Gasteiger partial charge in [-0.15, -0.1) is 22.7 Å². The van der Waals surface area contributed by atoms with Crippen molar-refractivity contribution < 1.29 is 0 Å². The first-order valence-corrected chi connectivity index (χ1v) is 9.47. The maximum absolute atomic E-state index is 4.89. The Morgan fingerprint density at radius 3 is 2.80 bits per heavy atom. The van der Waals surface area contributed by atoms with Crippen molar-refractivity contribution in [3.05, 3.63) is 26.3 Å². The molecule has 3 heterocycles. The zero-order chi connectivity index (χ0) is 13.9. The Morgan fingerprint density at radius 2 is 2.15 bits per heavy atom. The van der Waals surface area contributed by atoms with Gasteiger partial charge in [0.2, 0.25) is 0 Å². The first-order valence-electron chi connectivity index (χ1n) is 6.92. The summed E-state index contributed by atoms with van der Waals surface area (Å²) in [6.07, 6.45) is 1.13. The third kappa shape index (κ3) is 3.14. The van der Waals surface area contributed by atoms with E-state index in [2.05, 4.69) is 49.9 Å². The lowest BCUT2D eigenvalue weighted by Gasteiger charge is -2.33. The molecule has 1 N–H and O–H groups in total. The van der Waals surface area contributed by atoms with E-state index in [1.165, 1.54) is 9.88 Å². The molecule has 0 saturated carbocycles. The van der Waals surface area contributed by atoms with E-state index >= 15 is 0 Å². The number of hydrogen-bond acceptors (Lipinski definition) is 5. The van der Waals surface area contributed by atoms with Crippen LogP contribution in [-0.4, -0.2) is 36.1 Å². The van der Waals surface area contributed by atoms with Crippen LogP contribution >= 0.6 is 38.6 Å². The molecule has 0 aliphatic carbocycles. The van der Waals surface area contributed by atoms with Gasteiger partial charge < -0.3 is 5.32 Å². The summed E-state index contributed by atoms with van der Waals surface area (Å²) in [5, 5.41) is 8.98. The van der Waals surface area contributed by atoms with E-state index < -0.39 is 0 Å². The summed E-state index contributed by atoms with van der Waals surface area (Å²) < 4.78 is 1.14. The molecule has 3 nitrogen and oxygen atoms in total. The van der Waals surface area contributed by atoms with Crippen LogP contribution in [0.4, 0.5) is 0 Å². The minimum absolute atomic E-state index is 0.472. The maximum Gasteiger partial charge on any atom is 0.110 e. The zero-order valence-corrected chi connectivity index (χ0v) is 14.7. The molecule has 108 valence electrons. The molecule has 0 spiro atoms. The molecule has 2 aromatic rings. The van der Waals surface area contributed by atoms with Crippen LogP contribution in [0, 0.1) is 0 Å². The number of thiophene rings is 1. The van der Waals surface area contributed by atoms with E-state index in [1.54, 1.807) is 22.7 Å². The van der Waals surface area contributed by atoms with Crippen LogP contribution in [0.3, 0.4) is 0 Å². The number of hydrogen-bond donors (Lipinski definition) is 1. The van der Waals surface area contributed by atoms with Crippen LogP contribution in [-0.2, 0) is 0 Å². The van der Waals surface area contributed by atoms with Gasteiger partial charge >= 0.3 is 0 Å². The van der Waals surface area contributed by atoms with Gasteiger partial charge in [0.25, 0.3) is 0 Å². The first kappa shape index (κ1) is 14.7. The number of rotatable bonds is 4. The van der Waals surface area contributed by atoms with Crippen molar-refractivity contribution in [3.63, 3.8) is 0 Å². The highest BCUT2D eigenvalue weighted by atomic mass is 79.9. The summed E-state index contributed by atoms with van der Waals surface area (Å²) in [5.41, 5.74) is 1.12. The van der Waals surface area contributed by atoms with Gasteiger partial charge in [0.05, 0.1) is 16.6 Å². The molecule has 3 rings (SSSR count). The number of piperazine rings is 1. The van der Waals surface area contributed by atoms with Crippen LogP contribution in [0.5, 0.6) is 0 Å². The number of nitrogens with zero attached hydrogens (tertiary/aromatic N) is 2. The second-order valence-electron chi connectivity index (χ2n) is 4.91. The average Bonchev–Trinajstić information content (AvgIpc) is 3.10. The molecule has 2 aromatic heterocycles. The molecule has 0 bridgehead atoms. The molecule has 0 radical (unpaired) electrons. The second kappa shape index (κ2) is 6.66. The monoisotopic (exact) mass is 371 g/mol. The fourth-order valence-corrected chi connectivity index (χ4v) is 5.08. The Hall–Kier alpha value is -0.270. The molecule has 1 unspecified atom stereocenters. The largest absolute Gasteiger partial charge is 0.314 e. The summed E-state index contributed by atoms with van der Waals surface area (Å²) in [5.74, 6) is 0. The summed E-state index contributed by atoms with van der Waals surface area (Å²) in [6, 6.07) is 2.62. The Balaban J connectivity index is 1.80. The van der Waals surface area contributed by atoms with Crippen molar-refractivity contribution in [1.82, 2.24) is 15.2 Å². The molecule has 1 fully saturated rings. The van der Waals surface area contributed by atoms with Gasteiger partial charge in [-0.25, -0.2) is 4.98 Å². The highest BCUT2D eigenvalue weighted by molar-refractivity contribution is 9.10. The number of nitrogens with one attached hydrogen (secondary N) is 1. The van der Waals surface area contributed by atoms with Crippen molar-refractivity contribution >= 4 is 38.6 Å². The minimum atomic E-state index is 0.472. The van der Waals surface area contributed by atoms with E-state index in [1.807, 2.05) is 0 Å². The lowest BCUT2D eigenvalue weighted by atomic mass is 10.2. The molecule has 20 heavy (non-hydrogen) atoms. The maximum atomic E-state index is 4.89. The first-order chi connectivity index (χ1) is 9.78. The van der Waals surface area contributed by atoms with E-state index in [0.29, 0.717) is 6.04 Å². The van der Waals surface area contributed by atoms with Crippen LogP contribution in [0.25, 0.3) is 10.6 Å². The third-order valence-electron chi connectivity index (χ3n) is 3.61. The smallest absolute Gasteiger partial charge is 0.110 e. The number of aromatic nitrogens is 1. The molecule has 1 atom stereocenters. The Labute approximate surface area is 136 Å². The molecule has 1 aliphatic rings. The number of thiazole rings is 1. The van der Waals surface area contributed by atoms with Crippen LogP contribution in [0.15, 0.2) is 21.3 Å². The van der Waals surface area contributed by atoms with E-state index in [-0.39, 0.29) is 0 Å². The summed E-state index contributed by atoms with van der Waals surface area (Å²) >= 11 is 7.05. The van der Waals surface area contributed by atoms with Crippen molar-refractivity contribution in [3.8, 4) is 10.6 Å². The quantitative estimate of drug-likeness (QED) is 0.880. The molecule has 0 aromatic carbocycles. The highest BCUT2D eigenvalue weighted by Crippen LogP contribution is 2.34. The average molecular weight is 372 g/mol. The molecule has 1 saturated heterocycles. The van der Waals surface area contributed by atoms with Crippen molar-refractivity contribution in [2.75, 3.05) is 26.2 Å². The van der Waals surface area contributed by atoms with E-state index in [0.717, 1.165) is 42.8 Å². The Bertz CT molecular complexity index is 560. The van der Waals surface area contributed by atoms with Crippen LogP contribution in [0.2, 0.25) is 0 Å². The number of halogens is 1. The van der Waals surface area contributed by atoms with Crippen molar-refractivity contribution in [2.45, 2.75) is 19.4 Å². The summed E-state index contributed by atoms with van der Waals surface area (Å²) in [6.45, 7) is 6.69. The van der Waals surface area contributed by atoms with Crippen molar-refractivity contribution in [1.29, 1.82) is 0 Å². The normalized spacial score (nSPS) is 18.3. The molecule has 6 heteroatoms. The second-order valence-corrected chi connectivity index (χ2v) is 7.63. The lowest BCUT2D eigenvalue weighted by molar-refractivity contribution is 0.169. The predicted molar refractivity (Wildman–Crippen MR) is 90.6 cm³/mol. The van der Waals surface area contributed by atoms with Gasteiger partial charge in [-0.2, -0.15) is 0 Å². The van der Waals surface area contributed by atoms with Crippen LogP contribution < -0.4 is 5.32 Å². The van der Waals surface area contributed by atoms with Gasteiger partial charge in [-0.3, -0.25) is 4.90 Å². The van der Waals surface area contributed by atoms with Crippen LogP contribution in [0.1, 0.15) is 24.4 Å². The fraction of sp³-hybridized carbons (Fsp3) is 0.500. The fourth-order valence-electron chi connectivity index (χ4n) is 2.58. The Kier molecular flexibility index (Phi) is 4.88. The third-order valence-corrected chi connectivity index (χ3v) is 6.27. The predicted octanol–water partition coefficient (Wildman–Crippen LogP) is 3.99. The summed E-state index contributed by atoms with van der Waals surface area (Å²) in [4.78, 5) is 8.69. The van der Waals surface area contributed by atoms with Gasteiger partial charge in [0.1, 0.15) is 5.01 Å². The van der Waals surface area contributed by atoms with Gasteiger partial charge in [-0.05, 0) is 28.4 Å². The zero-order valence-electron chi connectivity index (χ0n) is 11.4. The standard InChI is InChI=1S/C14H18BrN3S2/c1-2-12(18-5-3-16-4-6-18)14-17-11(9-20-14)13-7-10(15)8-19-13/h7-9,12,16H,2-6H2,1H3. The minimum Gasteiger partial charge on any atom is -0.314 e. The molecular weight excluding hydrogens is 354 g/mol.